The summed E-state index contributed by atoms with van der Waals surface area (Å²) in [4.78, 5) is 36.8. The number of hydrogen-bond donors (Lipinski definition) is 3. The number of aliphatic imine (C=N–C) groups is 1. The van der Waals surface area contributed by atoms with E-state index in [0.717, 1.165) is 84.1 Å². The van der Waals surface area contributed by atoms with Gasteiger partial charge in [-0.15, -0.1) is 0 Å². The summed E-state index contributed by atoms with van der Waals surface area (Å²) in [5, 5.41) is 16.1. The number of aromatic nitrogens is 3. The van der Waals surface area contributed by atoms with Gasteiger partial charge in [0.1, 0.15) is 22.9 Å². The second-order valence-electron chi connectivity index (χ2n) is 16.2. The van der Waals surface area contributed by atoms with Crippen LogP contribution in [0, 0.1) is 10.8 Å². The summed E-state index contributed by atoms with van der Waals surface area (Å²) in [7, 11) is 1.65. The van der Waals surface area contributed by atoms with Crippen molar-refractivity contribution in [1.82, 2.24) is 20.3 Å². The van der Waals surface area contributed by atoms with Crippen molar-refractivity contribution in [3.05, 3.63) is 131 Å². The summed E-state index contributed by atoms with van der Waals surface area (Å²) in [6.45, 7) is 11.0. The molecule has 1 saturated heterocycles. The fraction of sp³-hybridized carbons (Fsp3) is 0.348. The van der Waals surface area contributed by atoms with E-state index in [2.05, 4.69) is 46.7 Å². The first-order valence-corrected chi connectivity index (χ1v) is 20.0. The van der Waals surface area contributed by atoms with Crippen LogP contribution < -0.4 is 25.2 Å². The van der Waals surface area contributed by atoms with Crippen LogP contribution in [0.1, 0.15) is 75.0 Å². The van der Waals surface area contributed by atoms with Crippen molar-refractivity contribution in [2.45, 2.75) is 65.5 Å². The molecule has 300 valence electrons. The van der Waals surface area contributed by atoms with Crippen molar-refractivity contribution >= 4 is 40.8 Å². The van der Waals surface area contributed by atoms with E-state index in [-0.39, 0.29) is 11.3 Å². The van der Waals surface area contributed by atoms with Crippen LogP contribution in [0.4, 0.5) is 27.9 Å². The number of methoxy groups -OCH3 is 1. The largest absolute Gasteiger partial charge is 0.497 e. The Bertz CT molecular complexity index is 2190. The van der Waals surface area contributed by atoms with E-state index in [0.29, 0.717) is 37.0 Å². The number of fused-ring (bicyclic) bond motifs is 1. The Kier molecular flexibility index (Phi) is 12.0. The molecule has 2 aromatic heterocycles. The number of rotatable bonds is 11. The molecule has 0 spiro atoms. The molecule has 4 heterocycles. The number of nitrogens with one attached hydrogen (secondary N) is 3. The average Bonchev–Trinajstić information content (AvgIpc) is 3.24. The lowest BCUT2D eigenvalue weighted by molar-refractivity contribution is 0.0495. The summed E-state index contributed by atoms with van der Waals surface area (Å²) < 4.78 is 10.8. The first-order chi connectivity index (χ1) is 28.0. The van der Waals surface area contributed by atoms with Gasteiger partial charge in [-0.05, 0) is 81.7 Å². The number of amidine groups is 1. The van der Waals surface area contributed by atoms with Gasteiger partial charge in [-0.2, -0.15) is 0 Å². The highest BCUT2D eigenvalue weighted by atomic mass is 16.6. The number of alkyl carbamates (subject to hydrolysis) is 1. The highest BCUT2D eigenvalue weighted by Crippen LogP contribution is 2.34. The molecule has 7 rings (SSSR count). The first-order valence-electron chi connectivity index (χ1n) is 20.0. The van der Waals surface area contributed by atoms with Crippen molar-refractivity contribution in [3.63, 3.8) is 0 Å². The number of pyridine rings is 1. The molecule has 1 amide bonds. The zero-order chi connectivity index (χ0) is 40.7. The Morgan fingerprint density at radius 2 is 1.57 bits per heavy atom. The molecule has 2 aliphatic rings. The van der Waals surface area contributed by atoms with Gasteiger partial charge in [0, 0.05) is 43.9 Å². The maximum absolute atomic E-state index is 12.4. The Morgan fingerprint density at radius 3 is 2.21 bits per heavy atom. The van der Waals surface area contributed by atoms with Crippen LogP contribution in [0.5, 0.6) is 5.75 Å². The van der Waals surface area contributed by atoms with Gasteiger partial charge in [0.05, 0.1) is 30.4 Å². The summed E-state index contributed by atoms with van der Waals surface area (Å²) in [6, 6.07) is 32.2. The molecule has 1 fully saturated rings. The zero-order valence-corrected chi connectivity index (χ0v) is 34.1. The van der Waals surface area contributed by atoms with E-state index in [4.69, 9.17) is 29.4 Å². The number of nitrogens with zero attached hydrogens (tertiary/aromatic N) is 6. The number of carbonyl (C=O) groups excluding carboxylic acids is 1. The fourth-order valence-electron chi connectivity index (χ4n) is 7.27. The minimum absolute atomic E-state index is 0.0795. The third-order valence-electron chi connectivity index (χ3n) is 10.6. The van der Waals surface area contributed by atoms with Crippen LogP contribution in [0.2, 0.25) is 0 Å². The first kappa shape index (κ1) is 39.9. The molecular weight excluding hydrogens is 727 g/mol. The number of hydrogen-bond acceptors (Lipinski definition) is 10. The van der Waals surface area contributed by atoms with Crippen LogP contribution in [0.15, 0.2) is 108 Å². The zero-order valence-electron chi connectivity index (χ0n) is 34.1. The van der Waals surface area contributed by atoms with Gasteiger partial charge < -0.3 is 29.9 Å². The van der Waals surface area contributed by atoms with E-state index in [1.807, 2.05) is 98.5 Å². The molecule has 5 aromatic rings. The molecule has 0 atom stereocenters. The average molecular weight is 780 g/mol. The fourth-order valence-corrected chi connectivity index (χ4v) is 7.27. The highest BCUT2D eigenvalue weighted by molar-refractivity contribution is 6.14. The minimum Gasteiger partial charge on any atom is -0.497 e. The van der Waals surface area contributed by atoms with Crippen molar-refractivity contribution in [3.8, 4) is 5.75 Å². The van der Waals surface area contributed by atoms with E-state index >= 15 is 0 Å². The van der Waals surface area contributed by atoms with E-state index in [9.17, 15) is 10.2 Å². The van der Waals surface area contributed by atoms with Gasteiger partial charge in [-0.3, -0.25) is 5.41 Å². The number of carbonyl (C=O) groups is 1. The molecule has 0 unspecified atom stereocenters. The second-order valence-corrected chi connectivity index (χ2v) is 16.2. The molecule has 12 heteroatoms. The lowest BCUT2D eigenvalue weighted by Gasteiger charge is -2.40. The molecule has 3 N–H and O–H groups in total. The predicted molar refractivity (Wildman–Crippen MR) is 231 cm³/mol. The van der Waals surface area contributed by atoms with Crippen LogP contribution in [-0.4, -0.2) is 71.5 Å². The third-order valence-corrected chi connectivity index (χ3v) is 10.6. The van der Waals surface area contributed by atoms with Gasteiger partial charge in [0.25, 0.3) is 0 Å². The molecule has 0 bridgehead atoms. The van der Waals surface area contributed by atoms with Crippen molar-refractivity contribution in [2.75, 3.05) is 48.4 Å². The maximum Gasteiger partial charge on any atom is 0.407 e. The highest BCUT2D eigenvalue weighted by Gasteiger charge is 2.33. The lowest BCUT2D eigenvalue weighted by atomic mass is 9.80. The lowest BCUT2D eigenvalue weighted by Crippen LogP contribution is -2.46. The number of anilines is 3. The Morgan fingerprint density at radius 1 is 0.897 bits per heavy atom. The van der Waals surface area contributed by atoms with Crippen LogP contribution in [0.3, 0.4) is 0 Å². The van der Waals surface area contributed by atoms with Gasteiger partial charge in [0.2, 0.25) is 0 Å². The van der Waals surface area contributed by atoms with Crippen molar-refractivity contribution < 1.29 is 14.3 Å². The number of aryl methyl sites for hydroxylation is 1. The molecule has 58 heavy (non-hydrogen) atoms. The summed E-state index contributed by atoms with van der Waals surface area (Å²) in [5.74, 6) is 2.94. The molecule has 0 radical (unpaired) electrons. The number of ether oxygens (including phenoxy) is 2. The monoisotopic (exact) mass is 779 g/mol. The van der Waals surface area contributed by atoms with E-state index in [1.54, 1.807) is 13.3 Å². The van der Waals surface area contributed by atoms with Gasteiger partial charge in [0.15, 0.2) is 17.5 Å². The number of piperidine rings is 1. The Balaban J connectivity index is 1.13. The molecule has 0 saturated carbocycles. The van der Waals surface area contributed by atoms with Gasteiger partial charge in [-0.25, -0.2) is 24.7 Å². The molecule has 12 nitrogen and oxygen atoms in total. The van der Waals surface area contributed by atoms with Gasteiger partial charge in [-0.1, -0.05) is 79.7 Å². The topological polar surface area (TPSA) is 141 Å². The summed E-state index contributed by atoms with van der Waals surface area (Å²) >= 11 is 0. The van der Waals surface area contributed by atoms with Crippen molar-refractivity contribution in [1.29, 1.82) is 5.41 Å². The summed E-state index contributed by atoms with van der Waals surface area (Å²) in [6.07, 6.45) is 4.71. The molecular formula is C46H53N9O3. The van der Waals surface area contributed by atoms with Gasteiger partial charge >= 0.3 is 6.09 Å². The van der Waals surface area contributed by atoms with E-state index < -0.39 is 11.7 Å². The number of benzene rings is 3. The maximum atomic E-state index is 12.4. The molecule has 2 aliphatic heterocycles. The summed E-state index contributed by atoms with van der Waals surface area (Å²) in [5.41, 5.74) is 5.54. The predicted octanol–water partition coefficient (Wildman–Crippen LogP) is 8.57. The quantitative estimate of drug-likeness (QED) is 0.0888. The Labute approximate surface area is 341 Å². The van der Waals surface area contributed by atoms with Crippen LogP contribution in [0.25, 0.3) is 0 Å². The Hall–Kier alpha value is -6.30. The molecule has 3 aromatic carbocycles. The minimum atomic E-state index is -0.544. The number of amides is 1. The standard InChI is InChI=1S/C46H53N9O3/c1-45(2,3)58-44(56)50-31-46(4)24-27-54(28-25-46)39-30-48-41(43(53-39)49-29-32-18-20-35(57-5)21-19-32)42(47)55-26-12-17-36-37(55)22-23-38(51-36)52-40(33-13-8-6-9-14-33)34-15-10-7-11-16-34/h6-11,13-16,18-23,30,47H,12,17,24-29,31H2,1-5H3,(H,49,53)(H,50,56). The normalized spacial score (nSPS) is 14.8. The SMILES string of the molecule is COc1ccc(CNc2nc(N3CCC(C)(CNC(=O)OC(C)(C)C)CC3)cnc2C(=N)N2CCCc3nc(N=C(c4ccccc4)c4ccccc4)ccc32)cc1. The third kappa shape index (κ3) is 9.79. The molecule has 0 aliphatic carbocycles. The van der Waals surface area contributed by atoms with E-state index in [1.165, 1.54) is 0 Å². The second kappa shape index (κ2) is 17.5. The smallest absolute Gasteiger partial charge is 0.407 e. The van der Waals surface area contributed by atoms with Crippen LogP contribution >= 0.6 is 0 Å². The van der Waals surface area contributed by atoms with Crippen LogP contribution in [-0.2, 0) is 17.7 Å². The van der Waals surface area contributed by atoms with Crippen molar-refractivity contribution in [2.24, 2.45) is 10.4 Å².